The molecular weight excluding hydrogens is 604 g/mol. The number of benzene rings is 2. The highest BCUT2D eigenvalue weighted by atomic mass is 35.5. The quantitative estimate of drug-likeness (QED) is 0.330. The molecule has 0 saturated carbocycles. The molecule has 0 aliphatic carbocycles. The molecule has 6 nitrogen and oxygen atoms in total. The molecule has 0 aliphatic heterocycles. The van der Waals surface area contributed by atoms with Crippen molar-refractivity contribution in [3.05, 3.63) is 73.6 Å². The third-order valence-corrected chi connectivity index (χ3v) is 6.54. The molecule has 1 N–H and O–H groups in total. The molecule has 0 radical (unpaired) electrons. The van der Waals surface area contributed by atoms with Crippen LogP contribution in [0.15, 0.2) is 46.1 Å². The van der Waals surface area contributed by atoms with Crippen molar-refractivity contribution in [1.82, 2.24) is 9.55 Å². The van der Waals surface area contributed by atoms with Crippen molar-refractivity contribution in [1.29, 1.82) is 0 Å². The van der Waals surface area contributed by atoms with Crippen molar-refractivity contribution in [2.75, 3.05) is 11.6 Å². The lowest BCUT2D eigenvalue weighted by atomic mass is 10.1. The van der Waals surface area contributed by atoms with Crippen molar-refractivity contribution in [3.8, 4) is 5.69 Å². The number of sulfone groups is 1. The Labute approximate surface area is 216 Å². The first-order valence-electron chi connectivity index (χ1n) is 9.57. The molecule has 3 aromatic rings. The predicted octanol–water partition coefficient (Wildman–Crippen LogP) is 6.74. The zero-order valence-corrected chi connectivity index (χ0v) is 20.5. The van der Waals surface area contributed by atoms with Crippen LogP contribution in [-0.2, 0) is 28.4 Å². The van der Waals surface area contributed by atoms with Gasteiger partial charge in [-0.15, -0.1) is 0 Å². The number of alkyl halides is 9. The largest absolute Gasteiger partial charge is 0.435 e. The van der Waals surface area contributed by atoms with E-state index in [0.717, 1.165) is 24.5 Å². The maximum Gasteiger partial charge on any atom is 0.435 e. The van der Waals surface area contributed by atoms with Crippen LogP contribution in [0.25, 0.3) is 5.69 Å². The number of nitrogens with one attached hydrogen (secondary N) is 1. The SMILES string of the molecule is CS(=O)(=O)c1ccc(-n2c(Nc3ccc(C(F)(F)F)cc3C(F)(F)F)nc(C(F)(F)F)c(Cl)c2=O)c(Cl)c1. The van der Waals surface area contributed by atoms with Crippen LogP contribution in [0.2, 0.25) is 10.0 Å². The number of hydrogen-bond donors (Lipinski definition) is 1. The molecule has 0 atom stereocenters. The van der Waals surface area contributed by atoms with Gasteiger partial charge in [0.2, 0.25) is 5.95 Å². The first kappa shape index (κ1) is 29.6. The first-order valence-corrected chi connectivity index (χ1v) is 12.2. The fraction of sp³-hybridized carbons (Fsp3) is 0.200. The van der Waals surface area contributed by atoms with Crippen LogP contribution >= 0.6 is 23.2 Å². The van der Waals surface area contributed by atoms with E-state index in [2.05, 4.69) is 4.98 Å². The summed E-state index contributed by atoms with van der Waals surface area (Å²) in [7, 11) is -3.86. The Morgan fingerprint density at radius 2 is 1.47 bits per heavy atom. The van der Waals surface area contributed by atoms with Crippen LogP contribution in [0, 0.1) is 0 Å². The van der Waals surface area contributed by atoms with E-state index in [1.165, 1.54) is 0 Å². The molecule has 1 heterocycles. The molecule has 0 bridgehead atoms. The monoisotopic (exact) mass is 613 g/mol. The molecule has 0 amide bonds. The summed E-state index contributed by atoms with van der Waals surface area (Å²) in [6, 6.07) is 2.73. The van der Waals surface area contributed by atoms with Crippen LogP contribution < -0.4 is 10.9 Å². The van der Waals surface area contributed by atoms with Gasteiger partial charge in [0.15, 0.2) is 15.5 Å². The standard InChI is InChI=1S/C20H10Cl2F9N3O3S/c1-38(36,37)9-3-5-13(11(21)7-9)34-16(35)14(22)15(20(29,30)31)33-17(34)32-12-4-2-8(18(23,24)25)6-10(12)19(26,27)28/h2-7H,1H3,(H,32,33). The molecular formula is C20H10Cl2F9N3O3S. The zero-order valence-electron chi connectivity index (χ0n) is 18.1. The second kappa shape index (κ2) is 9.64. The van der Waals surface area contributed by atoms with E-state index in [9.17, 15) is 52.7 Å². The van der Waals surface area contributed by atoms with E-state index in [0.29, 0.717) is 0 Å². The van der Waals surface area contributed by atoms with Crippen LogP contribution in [-0.4, -0.2) is 24.2 Å². The Hall–Kier alpha value is -2.98. The molecule has 0 aliphatic rings. The number of aromatic nitrogens is 2. The van der Waals surface area contributed by atoms with Gasteiger partial charge in [0.05, 0.1) is 32.4 Å². The van der Waals surface area contributed by atoms with E-state index in [1.807, 2.05) is 0 Å². The molecule has 0 saturated heterocycles. The van der Waals surface area contributed by atoms with Gasteiger partial charge in [-0.1, -0.05) is 23.2 Å². The zero-order chi connectivity index (χ0) is 29.0. The van der Waals surface area contributed by atoms with Crippen molar-refractivity contribution in [2.45, 2.75) is 23.4 Å². The Kier molecular flexibility index (Phi) is 7.51. The maximum absolute atomic E-state index is 13.6. The molecule has 0 spiro atoms. The average molecular weight is 614 g/mol. The topological polar surface area (TPSA) is 81.1 Å². The van der Waals surface area contributed by atoms with E-state index >= 15 is 0 Å². The van der Waals surface area contributed by atoms with Crippen LogP contribution in [0.3, 0.4) is 0 Å². The number of nitrogens with zero attached hydrogens (tertiary/aromatic N) is 2. The highest BCUT2D eigenvalue weighted by molar-refractivity contribution is 7.90. The van der Waals surface area contributed by atoms with Gasteiger partial charge < -0.3 is 5.32 Å². The fourth-order valence-corrected chi connectivity index (χ4v) is 4.29. The number of anilines is 2. The minimum absolute atomic E-state index is 0.212. The summed E-state index contributed by atoms with van der Waals surface area (Å²) < 4.78 is 144. The summed E-state index contributed by atoms with van der Waals surface area (Å²) in [4.78, 5) is 15.6. The van der Waals surface area contributed by atoms with E-state index in [4.69, 9.17) is 23.2 Å². The summed E-state index contributed by atoms with van der Waals surface area (Å²) in [6.07, 6.45) is -15.2. The van der Waals surface area contributed by atoms with Crippen molar-refractivity contribution >= 4 is 44.7 Å². The number of rotatable bonds is 4. The third-order valence-electron chi connectivity index (χ3n) is 4.78. The lowest BCUT2D eigenvalue weighted by molar-refractivity contribution is -0.143. The minimum atomic E-state index is -5.44. The van der Waals surface area contributed by atoms with Crippen LogP contribution in [0.4, 0.5) is 51.1 Å². The Morgan fingerprint density at radius 1 is 0.868 bits per heavy atom. The van der Waals surface area contributed by atoms with E-state index in [1.54, 1.807) is 5.32 Å². The molecule has 206 valence electrons. The lowest BCUT2D eigenvalue weighted by Gasteiger charge is -2.21. The molecule has 18 heteroatoms. The summed E-state index contributed by atoms with van der Waals surface area (Å²) in [6.45, 7) is 0. The van der Waals surface area contributed by atoms with Gasteiger partial charge in [0.1, 0.15) is 5.02 Å². The van der Waals surface area contributed by atoms with Gasteiger partial charge >= 0.3 is 18.5 Å². The molecule has 2 aromatic carbocycles. The van der Waals surface area contributed by atoms with Gasteiger partial charge in [-0.05, 0) is 36.4 Å². The first-order chi connectivity index (χ1) is 17.1. The molecule has 1 aromatic heterocycles. The highest BCUT2D eigenvalue weighted by Crippen LogP contribution is 2.41. The molecule has 3 rings (SSSR count). The van der Waals surface area contributed by atoms with Gasteiger partial charge in [-0.3, -0.25) is 4.79 Å². The Bertz CT molecular complexity index is 1580. The van der Waals surface area contributed by atoms with Crippen LogP contribution in [0.1, 0.15) is 16.8 Å². The van der Waals surface area contributed by atoms with Crippen molar-refractivity contribution in [3.63, 3.8) is 0 Å². The van der Waals surface area contributed by atoms with Gasteiger partial charge in [-0.2, -0.15) is 39.5 Å². The highest BCUT2D eigenvalue weighted by Gasteiger charge is 2.40. The second-order valence-electron chi connectivity index (χ2n) is 7.50. The lowest BCUT2D eigenvalue weighted by Crippen LogP contribution is -2.28. The molecule has 0 fully saturated rings. The van der Waals surface area contributed by atoms with Crippen LogP contribution in [0.5, 0.6) is 0 Å². The van der Waals surface area contributed by atoms with Crippen molar-refractivity contribution in [2.24, 2.45) is 0 Å². The minimum Gasteiger partial charge on any atom is -0.325 e. The van der Waals surface area contributed by atoms with Gasteiger partial charge in [-0.25, -0.2) is 18.0 Å². The second-order valence-corrected chi connectivity index (χ2v) is 10.3. The summed E-state index contributed by atoms with van der Waals surface area (Å²) in [5, 5.41) is -0.283. The fourth-order valence-electron chi connectivity index (χ4n) is 3.08. The Morgan fingerprint density at radius 3 is 1.95 bits per heavy atom. The van der Waals surface area contributed by atoms with Gasteiger partial charge in [0, 0.05) is 6.26 Å². The summed E-state index contributed by atoms with van der Waals surface area (Å²) >= 11 is 11.6. The number of hydrogen-bond acceptors (Lipinski definition) is 5. The van der Waals surface area contributed by atoms with E-state index < -0.39 is 78.1 Å². The Balaban J connectivity index is 2.36. The third kappa shape index (κ3) is 6.02. The smallest absolute Gasteiger partial charge is 0.325 e. The molecule has 38 heavy (non-hydrogen) atoms. The van der Waals surface area contributed by atoms with E-state index in [-0.39, 0.29) is 27.7 Å². The average Bonchev–Trinajstić information content (AvgIpc) is 2.74. The van der Waals surface area contributed by atoms with Crippen molar-refractivity contribution < 1.29 is 47.9 Å². The normalized spacial score (nSPS) is 13.1. The maximum atomic E-state index is 13.6. The van der Waals surface area contributed by atoms with Gasteiger partial charge in [0.25, 0.3) is 5.56 Å². The summed E-state index contributed by atoms with van der Waals surface area (Å²) in [5.41, 5.74) is -9.14. The molecule has 0 unspecified atom stereocenters. The number of halogens is 11. The summed E-state index contributed by atoms with van der Waals surface area (Å²) in [5.74, 6) is -1.27. The predicted molar refractivity (Wildman–Crippen MR) is 118 cm³/mol.